The van der Waals surface area contributed by atoms with Crippen molar-refractivity contribution < 1.29 is 26.7 Å². The third-order valence-corrected chi connectivity index (χ3v) is 4.30. The lowest BCUT2D eigenvalue weighted by molar-refractivity contribution is 0.168. The summed E-state index contributed by atoms with van der Waals surface area (Å²) in [6.07, 6.45) is 1.87. The SMILES string of the molecule is O=S(=O)(NCCC(O)c1ccoc1)c1cc(F)ccc1F. The van der Waals surface area contributed by atoms with Crippen LogP contribution in [0.25, 0.3) is 0 Å². The average Bonchev–Trinajstić information content (AvgIpc) is 2.95. The zero-order chi connectivity index (χ0) is 15.5. The van der Waals surface area contributed by atoms with E-state index in [1.165, 1.54) is 12.5 Å². The van der Waals surface area contributed by atoms with E-state index in [1.54, 1.807) is 6.07 Å². The van der Waals surface area contributed by atoms with E-state index in [4.69, 9.17) is 4.42 Å². The van der Waals surface area contributed by atoms with Gasteiger partial charge in [-0.15, -0.1) is 0 Å². The second kappa shape index (κ2) is 6.33. The van der Waals surface area contributed by atoms with Crippen molar-refractivity contribution in [1.82, 2.24) is 4.72 Å². The van der Waals surface area contributed by atoms with Crippen molar-refractivity contribution in [3.05, 3.63) is 54.0 Å². The number of benzene rings is 1. The molecule has 2 aromatic rings. The van der Waals surface area contributed by atoms with Crippen LogP contribution in [0.15, 0.2) is 46.1 Å². The predicted molar refractivity (Wildman–Crippen MR) is 69.8 cm³/mol. The highest BCUT2D eigenvalue weighted by atomic mass is 32.2. The summed E-state index contributed by atoms with van der Waals surface area (Å²) in [7, 11) is -4.18. The van der Waals surface area contributed by atoms with Gasteiger partial charge in [-0.05, 0) is 30.7 Å². The summed E-state index contributed by atoms with van der Waals surface area (Å²) in [5.74, 6) is -1.89. The summed E-state index contributed by atoms with van der Waals surface area (Å²) in [5.41, 5.74) is 0.506. The summed E-state index contributed by atoms with van der Waals surface area (Å²) in [4.78, 5) is -0.764. The number of sulfonamides is 1. The molecular formula is C13H13F2NO4S. The van der Waals surface area contributed by atoms with Gasteiger partial charge in [-0.2, -0.15) is 0 Å². The molecule has 0 saturated carbocycles. The number of rotatable bonds is 6. The van der Waals surface area contributed by atoms with E-state index < -0.39 is 32.7 Å². The molecule has 5 nitrogen and oxygen atoms in total. The molecule has 2 N–H and O–H groups in total. The fourth-order valence-electron chi connectivity index (χ4n) is 1.72. The average molecular weight is 317 g/mol. The monoisotopic (exact) mass is 317 g/mol. The van der Waals surface area contributed by atoms with Crippen molar-refractivity contribution in [3.8, 4) is 0 Å². The first-order valence-electron chi connectivity index (χ1n) is 6.05. The van der Waals surface area contributed by atoms with Gasteiger partial charge in [0.15, 0.2) is 0 Å². The number of aliphatic hydroxyl groups is 1. The summed E-state index contributed by atoms with van der Waals surface area (Å²) in [6.45, 7) is -0.134. The van der Waals surface area contributed by atoms with Gasteiger partial charge in [0.25, 0.3) is 0 Å². The van der Waals surface area contributed by atoms with Gasteiger partial charge in [-0.25, -0.2) is 21.9 Å². The Balaban J connectivity index is 2.00. The van der Waals surface area contributed by atoms with E-state index in [0.717, 1.165) is 12.1 Å². The van der Waals surface area contributed by atoms with E-state index in [2.05, 4.69) is 4.72 Å². The summed E-state index contributed by atoms with van der Waals surface area (Å²) in [5, 5.41) is 9.75. The Labute approximate surface area is 120 Å². The van der Waals surface area contributed by atoms with Crippen LogP contribution in [-0.2, 0) is 10.0 Å². The Morgan fingerprint density at radius 2 is 2.05 bits per heavy atom. The molecule has 1 heterocycles. The first kappa shape index (κ1) is 15.6. The largest absolute Gasteiger partial charge is 0.472 e. The second-order valence-electron chi connectivity index (χ2n) is 4.33. The van der Waals surface area contributed by atoms with Crippen LogP contribution >= 0.6 is 0 Å². The van der Waals surface area contributed by atoms with Gasteiger partial charge in [-0.3, -0.25) is 0 Å². The lowest BCUT2D eigenvalue weighted by Crippen LogP contribution is -2.26. The van der Waals surface area contributed by atoms with Gasteiger partial charge >= 0.3 is 0 Å². The number of furan rings is 1. The molecule has 8 heteroatoms. The van der Waals surface area contributed by atoms with Crippen molar-refractivity contribution in [2.24, 2.45) is 0 Å². The normalized spacial score (nSPS) is 13.3. The fourth-order valence-corrected chi connectivity index (χ4v) is 2.86. The number of halogens is 2. The molecular weight excluding hydrogens is 304 g/mol. The Hall–Kier alpha value is -1.77. The minimum absolute atomic E-state index is 0.0652. The molecule has 21 heavy (non-hydrogen) atoms. The van der Waals surface area contributed by atoms with Crippen LogP contribution in [0.1, 0.15) is 18.1 Å². The molecule has 1 aromatic heterocycles. The van der Waals surface area contributed by atoms with Crippen LogP contribution in [-0.4, -0.2) is 20.1 Å². The standard InChI is InChI=1S/C13H13F2NO4S/c14-10-1-2-11(15)13(7-10)21(18,19)16-5-3-12(17)9-4-6-20-8-9/h1-2,4,6-8,12,16-17H,3,5H2. The smallest absolute Gasteiger partial charge is 0.243 e. The summed E-state index contributed by atoms with van der Waals surface area (Å²) >= 11 is 0. The first-order valence-corrected chi connectivity index (χ1v) is 7.53. The Morgan fingerprint density at radius 1 is 1.29 bits per heavy atom. The van der Waals surface area contributed by atoms with Gasteiger partial charge in [0.2, 0.25) is 10.0 Å². The van der Waals surface area contributed by atoms with Crippen LogP contribution in [0.4, 0.5) is 8.78 Å². The fraction of sp³-hybridized carbons (Fsp3) is 0.231. The second-order valence-corrected chi connectivity index (χ2v) is 6.07. The van der Waals surface area contributed by atoms with Crippen molar-refractivity contribution in [3.63, 3.8) is 0 Å². The Kier molecular flexibility index (Phi) is 4.71. The molecule has 0 radical (unpaired) electrons. The van der Waals surface area contributed by atoms with E-state index in [0.29, 0.717) is 11.6 Å². The molecule has 0 spiro atoms. The molecule has 1 aromatic carbocycles. The Morgan fingerprint density at radius 3 is 2.71 bits per heavy atom. The highest BCUT2D eigenvalue weighted by Gasteiger charge is 2.20. The third-order valence-electron chi connectivity index (χ3n) is 2.82. The quantitative estimate of drug-likeness (QED) is 0.853. The molecule has 0 aliphatic carbocycles. The predicted octanol–water partition coefficient (Wildman–Crippen LogP) is 1.96. The lowest BCUT2D eigenvalue weighted by Gasteiger charge is -2.10. The van der Waals surface area contributed by atoms with Gasteiger partial charge < -0.3 is 9.52 Å². The summed E-state index contributed by atoms with van der Waals surface area (Å²) < 4.78 is 57.0. The molecule has 0 amide bonds. The Bertz CT molecular complexity index is 701. The minimum atomic E-state index is -4.18. The van der Waals surface area contributed by atoms with Gasteiger partial charge in [0, 0.05) is 12.1 Å². The van der Waals surface area contributed by atoms with E-state index in [1.807, 2.05) is 0 Å². The van der Waals surface area contributed by atoms with Crippen LogP contribution in [0.2, 0.25) is 0 Å². The van der Waals surface area contributed by atoms with Gasteiger partial charge in [0.1, 0.15) is 16.5 Å². The zero-order valence-corrected chi connectivity index (χ0v) is 11.6. The van der Waals surface area contributed by atoms with Crippen LogP contribution in [0, 0.1) is 11.6 Å². The van der Waals surface area contributed by atoms with Crippen LogP contribution in [0.3, 0.4) is 0 Å². The zero-order valence-electron chi connectivity index (χ0n) is 10.8. The van der Waals surface area contributed by atoms with E-state index >= 15 is 0 Å². The van der Waals surface area contributed by atoms with Crippen molar-refractivity contribution in [1.29, 1.82) is 0 Å². The molecule has 0 aliphatic rings. The maximum absolute atomic E-state index is 13.4. The summed E-state index contributed by atoms with van der Waals surface area (Å²) in [6, 6.07) is 3.72. The highest BCUT2D eigenvalue weighted by molar-refractivity contribution is 7.89. The van der Waals surface area contributed by atoms with Crippen LogP contribution in [0.5, 0.6) is 0 Å². The molecule has 1 unspecified atom stereocenters. The molecule has 0 bridgehead atoms. The number of aliphatic hydroxyl groups excluding tert-OH is 1. The van der Waals surface area contributed by atoms with Crippen molar-refractivity contribution >= 4 is 10.0 Å². The lowest BCUT2D eigenvalue weighted by atomic mass is 10.1. The maximum atomic E-state index is 13.4. The van der Waals surface area contributed by atoms with Crippen molar-refractivity contribution in [2.45, 2.75) is 17.4 Å². The third kappa shape index (κ3) is 3.87. The highest BCUT2D eigenvalue weighted by Crippen LogP contribution is 2.18. The van der Waals surface area contributed by atoms with E-state index in [-0.39, 0.29) is 13.0 Å². The molecule has 0 saturated heterocycles. The molecule has 0 fully saturated rings. The number of nitrogens with one attached hydrogen (secondary N) is 1. The number of hydrogen-bond donors (Lipinski definition) is 2. The first-order chi connectivity index (χ1) is 9.90. The molecule has 0 aliphatic heterocycles. The maximum Gasteiger partial charge on any atom is 0.243 e. The van der Waals surface area contributed by atoms with Gasteiger partial charge in [0.05, 0.1) is 18.6 Å². The number of hydrogen-bond acceptors (Lipinski definition) is 4. The van der Waals surface area contributed by atoms with Crippen molar-refractivity contribution in [2.75, 3.05) is 6.54 Å². The van der Waals surface area contributed by atoms with Gasteiger partial charge in [-0.1, -0.05) is 0 Å². The molecule has 1 atom stereocenters. The molecule has 2 rings (SSSR count). The molecule has 114 valence electrons. The van der Waals surface area contributed by atoms with Crippen LogP contribution < -0.4 is 4.72 Å². The minimum Gasteiger partial charge on any atom is -0.472 e. The van der Waals surface area contributed by atoms with E-state index in [9.17, 15) is 22.3 Å². The topological polar surface area (TPSA) is 79.5 Å².